The van der Waals surface area contributed by atoms with Crippen LogP contribution in [0.25, 0.3) is 10.6 Å². The Labute approximate surface area is 100 Å². The van der Waals surface area contributed by atoms with Crippen LogP contribution in [-0.4, -0.2) is 4.98 Å². The fraction of sp³-hybridized carbons (Fsp3) is 0.357. The second-order valence-electron chi connectivity index (χ2n) is 4.41. The Hall–Kier alpha value is -1.15. The van der Waals surface area contributed by atoms with E-state index in [2.05, 4.69) is 31.2 Å². The molecule has 16 heavy (non-hydrogen) atoms. The molecule has 1 aromatic heterocycles. The zero-order valence-corrected chi connectivity index (χ0v) is 10.3. The Morgan fingerprint density at radius 1 is 1.12 bits per heavy atom. The van der Waals surface area contributed by atoms with Gasteiger partial charge >= 0.3 is 0 Å². The summed E-state index contributed by atoms with van der Waals surface area (Å²) in [6.07, 6.45) is 5.06. The Morgan fingerprint density at radius 3 is 2.75 bits per heavy atom. The van der Waals surface area contributed by atoms with Gasteiger partial charge in [0.15, 0.2) is 0 Å². The summed E-state index contributed by atoms with van der Waals surface area (Å²) in [5, 5.41) is 1.21. The van der Waals surface area contributed by atoms with Gasteiger partial charge in [-0.15, -0.1) is 11.3 Å². The molecule has 2 heteroatoms. The largest absolute Gasteiger partial charge is 0.241 e. The number of thiazole rings is 1. The van der Waals surface area contributed by atoms with Gasteiger partial charge in [-0.2, -0.15) is 0 Å². The van der Waals surface area contributed by atoms with Gasteiger partial charge in [0.1, 0.15) is 5.01 Å². The first-order valence-corrected chi connectivity index (χ1v) is 6.71. The molecule has 0 atom stereocenters. The zero-order valence-electron chi connectivity index (χ0n) is 9.49. The molecule has 0 spiro atoms. The number of aryl methyl sites for hydroxylation is 3. The molecule has 1 aromatic carbocycles. The lowest BCUT2D eigenvalue weighted by Crippen LogP contribution is -1.98. The van der Waals surface area contributed by atoms with Crippen molar-refractivity contribution in [2.75, 3.05) is 0 Å². The Balaban J connectivity index is 2.07. The van der Waals surface area contributed by atoms with Crippen LogP contribution in [0.4, 0.5) is 0 Å². The first-order valence-electron chi connectivity index (χ1n) is 5.89. The number of hydrogen-bond acceptors (Lipinski definition) is 2. The average molecular weight is 229 g/mol. The molecule has 0 unspecified atom stereocenters. The van der Waals surface area contributed by atoms with Crippen molar-refractivity contribution in [2.45, 2.75) is 32.6 Å². The van der Waals surface area contributed by atoms with Crippen LogP contribution in [0.3, 0.4) is 0 Å². The second kappa shape index (κ2) is 4.02. The summed E-state index contributed by atoms with van der Waals surface area (Å²) in [4.78, 5) is 6.32. The number of rotatable bonds is 1. The summed E-state index contributed by atoms with van der Waals surface area (Å²) in [6, 6.07) is 8.53. The van der Waals surface area contributed by atoms with Gasteiger partial charge in [-0.25, -0.2) is 4.98 Å². The molecule has 1 heterocycles. The third-order valence-corrected chi connectivity index (χ3v) is 4.41. The van der Waals surface area contributed by atoms with Crippen molar-refractivity contribution in [2.24, 2.45) is 0 Å². The maximum Gasteiger partial charge on any atom is 0.124 e. The predicted octanol–water partition coefficient (Wildman–Crippen LogP) is 4.00. The van der Waals surface area contributed by atoms with E-state index in [1.165, 1.54) is 52.4 Å². The van der Waals surface area contributed by atoms with Crippen LogP contribution in [0, 0.1) is 6.92 Å². The van der Waals surface area contributed by atoms with Crippen LogP contribution in [0.15, 0.2) is 24.3 Å². The van der Waals surface area contributed by atoms with Crippen LogP contribution in [0.1, 0.15) is 29.0 Å². The van der Waals surface area contributed by atoms with Gasteiger partial charge in [-0.3, -0.25) is 0 Å². The number of hydrogen-bond donors (Lipinski definition) is 0. The molecule has 0 N–H and O–H groups in total. The van der Waals surface area contributed by atoms with Gasteiger partial charge in [0.05, 0.1) is 5.69 Å². The standard InChI is InChI=1S/C14H15NS/c1-10-6-2-3-7-11(10)14-15-12-8-4-5-9-13(12)16-14/h2-3,6-7H,4-5,8-9H2,1H3. The van der Waals surface area contributed by atoms with E-state index in [-0.39, 0.29) is 0 Å². The third kappa shape index (κ3) is 1.67. The lowest BCUT2D eigenvalue weighted by molar-refractivity contribution is 0.682. The number of benzene rings is 1. The van der Waals surface area contributed by atoms with E-state index in [1.807, 2.05) is 11.3 Å². The molecular formula is C14H15NS. The van der Waals surface area contributed by atoms with E-state index in [1.54, 1.807) is 0 Å². The Kier molecular flexibility index (Phi) is 2.52. The molecule has 0 fully saturated rings. The third-order valence-electron chi connectivity index (χ3n) is 3.22. The SMILES string of the molecule is Cc1ccccc1-c1nc2c(s1)CCCC2. The van der Waals surface area contributed by atoms with Crippen molar-refractivity contribution in [1.82, 2.24) is 4.98 Å². The number of nitrogens with zero attached hydrogens (tertiary/aromatic N) is 1. The van der Waals surface area contributed by atoms with E-state index in [9.17, 15) is 0 Å². The molecule has 1 nitrogen and oxygen atoms in total. The topological polar surface area (TPSA) is 12.9 Å². The average Bonchev–Trinajstić information content (AvgIpc) is 2.73. The van der Waals surface area contributed by atoms with Gasteiger partial charge in [-0.1, -0.05) is 24.3 Å². The number of fused-ring (bicyclic) bond motifs is 1. The molecule has 3 rings (SSSR count). The summed E-state index contributed by atoms with van der Waals surface area (Å²) in [5.41, 5.74) is 3.99. The molecule has 2 aromatic rings. The van der Waals surface area contributed by atoms with Gasteiger partial charge in [-0.05, 0) is 38.2 Å². The summed E-state index contributed by atoms with van der Waals surface area (Å²) in [7, 11) is 0. The van der Waals surface area contributed by atoms with E-state index in [0.717, 1.165) is 0 Å². The highest BCUT2D eigenvalue weighted by atomic mass is 32.1. The predicted molar refractivity (Wildman–Crippen MR) is 68.9 cm³/mol. The highest BCUT2D eigenvalue weighted by molar-refractivity contribution is 7.15. The van der Waals surface area contributed by atoms with Crippen LogP contribution in [0.2, 0.25) is 0 Å². The first-order chi connectivity index (χ1) is 7.84. The normalized spacial score (nSPS) is 14.8. The smallest absolute Gasteiger partial charge is 0.124 e. The van der Waals surface area contributed by atoms with Crippen molar-refractivity contribution in [1.29, 1.82) is 0 Å². The van der Waals surface area contributed by atoms with Crippen LogP contribution in [0.5, 0.6) is 0 Å². The number of aromatic nitrogens is 1. The molecule has 82 valence electrons. The lowest BCUT2D eigenvalue weighted by Gasteiger charge is -2.06. The van der Waals surface area contributed by atoms with Crippen molar-refractivity contribution >= 4 is 11.3 Å². The molecular weight excluding hydrogens is 214 g/mol. The van der Waals surface area contributed by atoms with E-state index < -0.39 is 0 Å². The van der Waals surface area contributed by atoms with Crippen molar-refractivity contribution in [3.8, 4) is 10.6 Å². The summed E-state index contributed by atoms with van der Waals surface area (Å²) in [5.74, 6) is 0. The molecule has 0 saturated heterocycles. The fourth-order valence-electron chi connectivity index (χ4n) is 2.28. The van der Waals surface area contributed by atoms with Gasteiger partial charge in [0.2, 0.25) is 0 Å². The molecule has 0 aliphatic heterocycles. The van der Waals surface area contributed by atoms with E-state index in [4.69, 9.17) is 4.98 Å². The van der Waals surface area contributed by atoms with Crippen molar-refractivity contribution in [3.05, 3.63) is 40.4 Å². The minimum atomic E-state index is 1.18. The monoisotopic (exact) mass is 229 g/mol. The summed E-state index contributed by atoms with van der Waals surface area (Å²) < 4.78 is 0. The van der Waals surface area contributed by atoms with Crippen molar-refractivity contribution < 1.29 is 0 Å². The van der Waals surface area contributed by atoms with Gasteiger partial charge in [0, 0.05) is 10.4 Å². The molecule has 0 saturated carbocycles. The fourth-order valence-corrected chi connectivity index (χ4v) is 3.52. The minimum absolute atomic E-state index is 1.18. The van der Waals surface area contributed by atoms with Crippen molar-refractivity contribution in [3.63, 3.8) is 0 Å². The highest BCUT2D eigenvalue weighted by Crippen LogP contribution is 2.33. The first kappa shape index (κ1) is 10.0. The molecule has 0 bridgehead atoms. The molecule has 1 aliphatic carbocycles. The van der Waals surface area contributed by atoms with Crippen LogP contribution >= 0.6 is 11.3 Å². The van der Waals surface area contributed by atoms with Gasteiger partial charge in [0.25, 0.3) is 0 Å². The Bertz CT molecular complexity index is 490. The maximum atomic E-state index is 4.80. The lowest BCUT2D eigenvalue weighted by atomic mass is 10.0. The van der Waals surface area contributed by atoms with E-state index >= 15 is 0 Å². The zero-order chi connectivity index (χ0) is 11.0. The quantitative estimate of drug-likeness (QED) is 0.720. The van der Waals surface area contributed by atoms with E-state index in [0.29, 0.717) is 0 Å². The minimum Gasteiger partial charge on any atom is -0.241 e. The Morgan fingerprint density at radius 2 is 1.94 bits per heavy atom. The summed E-state index contributed by atoms with van der Waals surface area (Å²) >= 11 is 1.89. The second-order valence-corrected chi connectivity index (χ2v) is 5.49. The molecule has 0 radical (unpaired) electrons. The van der Waals surface area contributed by atoms with Gasteiger partial charge < -0.3 is 0 Å². The summed E-state index contributed by atoms with van der Waals surface area (Å²) in [6.45, 7) is 2.16. The van der Waals surface area contributed by atoms with Crippen LogP contribution in [-0.2, 0) is 12.8 Å². The maximum absolute atomic E-state index is 4.80. The van der Waals surface area contributed by atoms with Crippen LogP contribution < -0.4 is 0 Å². The molecule has 1 aliphatic rings. The molecule has 0 amide bonds. The highest BCUT2D eigenvalue weighted by Gasteiger charge is 2.16.